The van der Waals surface area contributed by atoms with Gasteiger partial charge in [0.2, 0.25) is 0 Å². The Labute approximate surface area is 122 Å². The van der Waals surface area contributed by atoms with Crippen molar-refractivity contribution < 1.29 is 19.7 Å². The van der Waals surface area contributed by atoms with Crippen molar-refractivity contribution in [2.75, 3.05) is 0 Å². The lowest BCUT2D eigenvalue weighted by molar-refractivity contribution is 0.404. The summed E-state index contributed by atoms with van der Waals surface area (Å²) in [6.45, 7) is 0. The summed E-state index contributed by atoms with van der Waals surface area (Å²) in [5.41, 5.74) is -0.398. The molecule has 3 N–H and O–H groups in total. The Kier molecular flexibility index (Phi) is 3.03. The van der Waals surface area contributed by atoms with Gasteiger partial charge in [-0.15, -0.1) is 4.91 Å². The first kappa shape index (κ1) is 13.6. The summed E-state index contributed by atoms with van der Waals surface area (Å²) >= 11 is 0. The third kappa shape index (κ3) is 2.14. The number of hydrogen-bond acceptors (Lipinski definition) is 7. The summed E-state index contributed by atoms with van der Waals surface area (Å²) in [4.78, 5) is 22.9. The van der Waals surface area contributed by atoms with Crippen LogP contribution in [0.3, 0.4) is 0 Å². The van der Waals surface area contributed by atoms with Crippen LogP contribution in [0, 0.1) is 4.91 Å². The normalized spacial score (nSPS) is 10.7. The maximum absolute atomic E-state index is 12.2. The number of fused-ring (bicyclic) bond motifs is 1. The minimum atomic E-state index is -0.515. The van der Waals surface area contributed by atoms with E-state index in [9.17, 15) is 25.0 Å². The average Bonchev–Trinajstić information content (AvgIpc) is 2.48. The molecular formula is C15H9NO6. The van der Waals surface area contributed by atoms with E-state index in [0.717, 1.165) is 12.1 Å². The molecule has 0 atom stereocenters. The quantitative estimate of drug-likeness (QED) is 0.494. The van der Waals surface area contributed by atoms with Crippen LogP contribution in [0.15, 0.2) is 50.8 Å². The van der Waals surface area contributed by atoms with Crippen molar-refractivity contribution in [3.05, 3.63) is 51.5 Å². The number of phenols is 3. The highest BCUT2D eigenvalue weighted by Gasteiger charge is 2.14. The van der Waals surface area contributed by atoms with Gasteiger partial charge < -0.3 is 19.7 Å². The first-order chi connectivity index (χ1) is 10.5. The Balaban J connectivity index is 2.31. The van der Waals surface area contributed by atoms with Gasteiger partial charge >= 0.3 is 0 Å². The number of benzene rings is 2. The zero-order chi connectivity index (χ0) is 15.9. The number of nitroso groups, excluding NO2 is 1. The lowest BCUT2D eigenvalue weighted by atomic mass is 10.1. The van der Waals surface area contributed by atoms with Crippen molar-refractivity contribution in [2.24, 2.45) is 5.18 Å². The van der Waals surface area contributed by atoms with E-state index >= 15 is 0 Å². The predicted molar refractivity (Wildman–Crippen MR) is 78.4 cm³/mol. The van der Waals surface area contributed by atoms with Gasteiger partial charge in [0.05, 0.1) is 5.39 Å². The smallest absolute Gasteiger partial charge is 0.195 e. The minimum absolute atomic E-state index is 0.00957. The first-order valence-electron chi connectivity index (χ1n) is 6.16. The van der Waals surface area contributed by atoms with Crippen LogP contribution in [-0.2, 0) is 0 Å². The molecular weight excluding hydrogens is 290 g/mol. The van der Waals surface area contributed by atoms with E-state index in [4.69, 9.17) is 4.42 Å². The molecule has 1 heterocycles. The third-order valence-corrected chi connectivity index (χ3v) is 3.15. The van der Waals surface area contributed by atoms with Gasteiger partial charge in [0.15, 0.2) is 16.9 Å². The fourth-order valence-corrected chi connectivity index (χ4v) is 2.14. The molecule has 3 rings (SSSR count). The standard InChI is InChI=1S/C15H9NO6/c17-8-4-9(16-21)15-12(20)6-13(22-14(15)5-8)7-1-2-10(18)11(19)3-7/h1-6,17-19H. The fourth-order valence-electron chi connectivity index (χ4n) is 2.14. The molecule has 0 aliphatic heterocycles. The minimum Gasteiger partial charge on any atom is -0.508 e. The van der Waals surface area contributed by atoms with Crippen LogP contribution in [0.2, 0.25) is 0 Å². The molecule has 2 aromatic carbocycles. The van der Waals surface area contributed by atoms with Crippen molar-refractivity contribution in [3.8, 4) is 28.6 Å². The highest BCUT2D eigenvalue weighted by Crippen LogP contribution is 2.34. The third-order valence-electron chi connectivity index (χ3n) is 3.15. The van der Waals surface area contributed by atoms with Crippen LogP contribution in [0.4, 0.5) is 5.69 Å². The van der Waals surface area contributed by atoms with Gasteiger partial charge in [0, 0.05) is 23.8 Å². The highest BCUT2D eigenvalue weighted by molar-refractivity contribution is 5.90. The SMILES string of the molecule is O=Nc1cc(O)cc2oc(-c3ccc(O)c(O)c3)cc(=O)c12. The largest absolute Gasteiger partial charge is 0.508 e. The lowest BCUT2D eigenvalue weighted by Crippen LogP contribution is -2.00. The van der Waals surface area contributed by atoms with Crippen molar-refractivity contribution in [3.63, 3.8) is 0 Å². The highest BCUT2D eigenvalue weighted by atomic mass is 16.3. The summed E-state index contributed by atoms with van der Waals surface area (Å²) < 4.78 is 5.50. The molecule has 0 aliphatic carbocycles. The molecule has 0 saturated carbocycles. The summed E-state index contributed by atoms with van der Waals surface area (Å²) in [6.07, 6.45) is 0. The first-order valence-corrected chi connectivity index (χ1v) is 6.16. The molecule has 110 valence electrons. The van der Waals surface area contributed by atoms with Gasteiger partial charge in [-0.2, -0.15) is 0 Å². The Morgan fingerprint density at radius 2 is 1.73 bits per heavy atom. The Bertz CT molecular complexity index is 960. The van der Waals surface area contributed by atoms with Crippen LogP contribution in [0.25, 0.3) is 22.3 Å². The van der Waals surface area contributed by atoms with Gasteiger partial charge in [-0.3, -0.25) is 4.79 Å². The van der Waals surface area contributed by atoms with Gasteiger partial charge in [-0.25, -0.2) is 0 Å². The number of nitrogens with zero attached hydrogens (tertiary/aromatic N) is 1. The second-order valence-corrected chi connectivity index (χ2v) is 4.61. The van der Waals surface area contributed by atoms with E-state index in [1.54, 1.807) is 0 Å². The molecule has 7 nitrogen and oxygen atoms in total. The van der Waals surface area contributed by atoms with E-state index in [2.05, 4.69) is 5.18 Å². The number of phenolic OH excluding ortho intramolecular Hbond substituents is 3. The van der Waals surface area contributed by atoms with Crippen LogP contribution in [0.5, 0.6) is 17.2 Å². The summed E-state index contributed by atoms with van der Waals surface area (Å²) in [5.74, 6) is -0.838. The monoisotopic (exact) mass is 299 g/mol. The molecule has 22 heavy (non-hydrogen) atoms. The number of hydrogen-bond donors (Lipinski definition) is 3. The maximum atomic E-state index is 12.2. The molecule has 1 aromatic heterocycles. The van der Waals surface area contributed by atoms with E-state index in [1.807, 2.05) is 0 Å². The van der Waals surface area contributed by atoms with Crippen LogP contribution in [-0.4, -0.2) is 15.3 Å². The fraction of sp³-hybridized carbons (Fsp3) is 0. The van der Waals surface area contributed by atoms with Crippen molar-refractivity contribution >= 4 is 16.7 Å². The Morgan fingerprint density at radius 3 is 2.41 bits per heavy atom. The molecule has 7 heteroatoms. The van der Waals surface area contributed by atoms with Gasteiger partial charge in [0.25, 0.3) is 0 Å². The zero-order valence-corrected chi connectivity index (χ0v) is 11.0. The lowest BCUT2D eigenvalue weighted by Gasteiger charge is -2.06. The van der Waals surface area contributed by atoms with E-state index < -0.39 is 5.43 Å². The number of aromatic hydroxyl groups is 3. The number of rotatable bonds is 2. The van der Waals surface area contributed by atoms with Crippen LogP contribution < -0.4 is 5.43 Å². The second kappa shape index (κ2) is 4.88. The predicted octanol–water partition coefficient (Wildman–Crippen LogP) is 2.97. The van der Waals surface area contributed by atoms with E-state index in [0.29, 0.717) is 5.56 Å². The Hall–Kier alpha value is -3.35. The van der Waals surface area contributed by atoms with E-state index in [1.165, 1.54) is 24.3 Å². The topological polar surface area (TPSA) is 120 Å². The molecule has 3 aromatic rings. The Morgan fingerprint density at radius 1 is 0.955 bits per heavy atom. The van der Waals surface area contributed by atoms with Crippen LogP contribution >= 0.6 is 0 Å². The zero-order valence-electron chi connectivity index (χ0n) is 11.0. The summed E-state index contributed by atoms with van der Waals surface area (Å²) in [7, 11) is 0. The van der Waals surface area contributed by atoms with Gasteiger partial charge in [-0.1, -0.05) is 0 Å². The summed E-state index contributed by atoms with van der Waals surface area (Å²) in [6, 6.07) is 7.31. The molecule has 0 saturated heterocycles. The maximum Gasteiger partial charge on any atom is 0.195 e. The summed E-state index contributed by atoms with van der Waals surface area (Å²) in [5, 5.41) is 31.0. The van der Waals surface area contributed by atoms with Crippen molar-refractivity contribution in [1.29, 1.82) is 0 Å². The molecule has 0 amide bonds. The molecule has 0 unspecified atom stereocenters. The molecule has 0 radical (unpaired) electrons. The van der Waals surface area contributed by atoms with Crippen molar-refractivity contribution in [2.45, 2.75) is 0 Å². The molecule has 0 spiro atoms. The molecule has 0 bridgehead atoms. The molecule has 0 fully saturated rings. The second-order valence-electron chi connectivity index (χ2n) is 4.61. The van der Waals surface area contributed by atoms with Gasteiger partial charge in [-0.05, 0) is 23.4 Å². The van der Waals surface area contributed by atoms with Crippen LogP contribution in [0.1, 0.15) is 0 Å². The van der Waals surface area contributed by atoms with Crippen molar-refractivity contribution in [1.82, 2.24) is 0 Å². The average molecular weight is 299 g/mol. The molecule has 0 aliphatic rings. The van der Waals surface area contributed by atoms with E-state index in [-0.39, 0.29) is 39.7 Å². The van der Waals surface area contributed by atoms with Gasteiger partial charge in [0.1, 0.15) is 22.8 Å².